The molecule has 0 spiro atoms. The van der Waals surface area contributed by atoms with Gasteiger partial charge in [0.15, 0.2) is 0 Å². The van der Waals surface area contributed by atoms with Crippen molar-refractivity contribution in [2.75, 3.05) is 5.32 Å². The molecule has 34 heavy (non-hydrogen) atoms. The predicted octanol–water partition coefficient (Wildman–Crippen LogP) is 7.40. The first kappa shape index (κ1) is 24.7. The Bertz CT molecular complexity index is 1180. The Hall–Kier alpha value is -2.44. The quantitative estimate of drug-likeness (QED) is 0.355. The Kier molecular flexibility index (Phi) is 7.29. The summed E-state index contributed by atoms with van der Waals surface area (Å²) in [5.74, 6) is 0.214. The normalized spacial score (nSPS) is 16.4. The summed E-state index contributed by atoms with van der Waals surface area (Å²) in [6, 6.07) is 17.0. The summed E-state index contributed by atoms with van der Waals surface area (Å²) in [7, 11) is 0. The van der Waals surface area contributed by atoms with Gasteiger partial charge in [-0.1, -0.05) is 67.0 Å². The molecule has 0 fully saturated rings. The summed E-state index contributed by atoms with van der Waals surface area (Å²) >= 11 is 4.97. The highest BCUT2D eigenvalue weighted by molar-refractivity contribution is 9.10. The van der Waals surface area contributed by atoms with Gasteiger partial charge < -0.3 is 10.6 Å². The molecule has 6 heteroatoms. The van der Waals surface area contributed by atoms with Gasteiger partial charge in [-0.2, -0.15) is 0 Å². The van der Waals surface area contributed by atoms with Gasteiger partial charge in [-0.3, -0.25) is 9.59 Å². The van der Waals surface area contributed by atoms with Gasteiger partial charge in [0.1, 0.15) is 5.00 Å². The van der Waals surface area contributed by atoms with Gasteiger partial charge in [0, 0.05) is 14.9 Å². The van der Waals surface area contributed by atoms with Crippen molar-refractivity contribution in [3.05, 3.63) is 86.2 Å². The minimum Gasteiger partial charge on any atom is -0.345 e. The third-order valence-electron chi connectivity index (χ3n) is 6.70. The highest BCUT2D eigenvalue weighted by Gasteiger charge is 2.34. The van der Waals surface area contributed by atoms with Gasteiger partial charge in [0.2, 0.25) is 0 Å². The van der Waals surface area contributed by atoms with Crippen molar-refractivity contribution in [1.82, 2.24) is 5.32 Å². The fourth-order valence-electron chi connectivity index (χ4n) is 4.52. The Balaban J connectivity index is 1.65. The highest BCUT2D eigenvalue weighted by Crippen LogP contribution is 2.44. The van der Waals surface area contributed by atoms with Crippen LogP contribution < -0.4 is 10.6 Å². The van der Waals surface area contributed by atoms with E-state index in [4.69, 9.17) is 0 Å². The van der Waals surface area contributed by atoms with E-state index in [1.165, 1.54) is 4.88 Å². The van der Waals surface area contributed by atoms with Crippen LogP contribution in [-0.4, -0.2) is 11.8 Å². The Morgan fingerprint density at radius 1 is 1.03 bits per heavy atom. The van der Waals surface area contributed by atoms with Crippen LogP contribution in [-0.2, 0) is 12.8 Å². The molecule has 0 saturated heterocycles. The number of carbonyl (C=O) groups is 2. The average Bonchev–Trinajstić information content (AvgIpc) is 3.16. The van der Waals surface area contributed by atoms with Crippen LogP contribution in [0.1, 0.15) is 76.9 Å². The molecule has 1 aliphatic rings. The molecule has 2 aromatic carbocycles. The van der Waals surface area contributed by atoms with Gasteiger partial charge in [-0.25, -0.2) is 0 Å². The molecule has 4 nitrogen and oxygen atoms in total. The fraction of sp³-hybridized carbons (Fsp3) is 0.357. The number of nitrogens with one attached hydrogen (secondary N) is 2. The van der Waals surface area contributed by atoms with Crippen molar-refractivity contribution in [2.45, 2.75) is 53.0 Å². The molecule has 3 aromatic rings. The molecule has 2 amide bonds. The van der Waals surface area contributed by atoms with E-state index in [9.17, 15) is 9.59 Å². The third-order valence-corrected chi connectivity index (χ3v) is 8.40. The molecule has 0 saturated carbocycles. The highest BCUT2D eigenvalue weighted by atomic mass is 79.9. The van der Waals surface area contributed by atoms with Crippen LogP contribution in [0.25, 0.3) is 0 Å². The van der Waals surface area contributed by atoms with Gasteiger partial charge in [0.25, 0.3) is 11.8 Å². The van der Waals surface area contributed by atoms with Crippen LogP contribution in [0.15, 0.2) is 59.1 Å². The summed E-state index contributed by atoms with van der Waals surface area (Å²) in [5.41, 5.74) is 3.53. The monoisotopic (exact) mass is 538 g/mol. The van der Waals surface area contributed by atoms with Crippen molar-refractivity contribution in [3.63, 3.8) is 0 Å². The zero-order chi connectivity index (χ0) is 24.5. The van der Waals surface area contributed by atoms with E-state index in [1.807, 2.05) is 49.4 Å². The number of halogens is 1. The molecule has 178 valence electrons. The number of hydrogen-bond acceptors (Lipinski definition) is 3. The van der Waals surface area contributed by atoms with Crippen molar-refractivity contribution in [2.24, 2.45) is 11.3 Å². The third kappa shape index (κ3) is 5.44. The topological polar surface area (TPSA) is 58.2 Å². The van der Waals surface area contributed by atoms with E-state index in [1.54, 1.807) is 23.5 Å². The van der Waals surface area contributed by atoms with Crippen molar-refractivity contribution >= 4 is 44.1 Å². The number of benzene rings is 2. The Labute approximate surface area is 214 Å². The maximum absolute atomic E-state index is 13.6. The van der Waals surface area contributed by atoms with Crippen LogP contribution >= 0.6 is 27.3 Å². The molecule has 2 N–H and O–H groups in total. The maximum atomic E-state index is 13.6. The molecule has 1 heterocycles. The molecule has 4 rings (SSSR count). The van der Waals surface area contributed by atoms with E-state index >= 15 is 0 Å². The first-order valence-corrected chi connectivity index (χ1v) is 13.3. The molecule has 2 unspecified atom stereocenters. The second kappa shape index (κ2) is 10.0. The maximum Gasteiger partial charge on any atom is 0.256 e. The van der Waals surface area contributed by atoms with Crippen molar-refractivity contribution < 1.29 is 9.59 Å². The minimum absolute atomic E-state index is 0.130. The zero-order valence-corrected chi connectivity index (χ0v) is 22.5. The van der Waals surface area contributed by atoms with E-state index in [0.29, 0.717) is 22.0 Å². The van der Waals surface area contributed by atoms with Gasteiger partial charge >= 0.3 is 0 Å². The summed E-state index contributed by atoms with van der Waals surface area (Å²) in [5, 5.41) is 6.86. The molecule has 1 aromatic heterocycles. The lowest BCUT2D eigenvalue weighted by molar-refractivity contribution is 0.0939. The molecule has 1 aliphatic carbocycles. The lowest BCUT2D eigenvalue weighted by Crippen LogP contribution is -2.30. The summed E-state index contributed by atoms with van der Waals surface area (Å²) < 4.78 is 0.916. The smallest absolute Gasteiger partial charge is 0.256 e. The van der Waals surface area contributed by atoms with Gasteiger partial charge in [-0.05, 0) is 72.9 Å². The molecule has 0 bridgehead atoms. The molecular formula is C28H31BrN2O2S. The second-order valence-electron chi connectivity index (χ2n) is 10.1. The number of carbonyl (C=O) groups excluding carboxylic acids is 2. The number of thiophene rings is 1. The molecular weight excluding hydrogens is 508 g/mol. The number of rotatable bonds is 5. The van der Waals surface area contributed by atoms with Gasteiger partial charge in [0.05, 0.1) is 11.6 Å². The molecule has 2 atom stereocenters. The SMILES string of the molecule is CC(NC(=O)c1c(NC(=O)c2ccc(Br)cc2)sc2c1CCC(C(C)(C)C)C2)c1ccccc1. The minimum atomic E-state index is -0.205. The first-order chi connectivity index (χ1) is 16.1. The number of anilines is 1. The first-order valence-electron chi connectivity index (χ1n) is 11.7. The van der Waals surface area contributed by atoms with Crippen LogP contribution in [0, 0.1) is 11.3 Å². The molecule has 0 aliphatic heterocycles. The number of fused-ring (bicyclic) bond motifs is 1. The number of amides is 2. The van der Waals surface area contributed by atoms with E-state index < -0.39 is 0 Å². The summed E-state index contributed by atoms with van der Waals surface area (Å²) in [6.07, 6.45) is 2.83. The zero-order valence-electron chi connectivity index (χ0n) is 20.1. The lowest BCUT2D eigenvalue weighted by Gasteiger charge is -2.34. The van der Waals surface area contributed by atoms with Crippen LogP contribution in [0.3, 0.4) is 0 Å². The van der Waals surface area contributed by atoms with E-state index in [-0.39, 0.29) is 23.3 Å². The largest absolute Gasteiger partial charge is 0.345 e. The fourth-order valence-corrected chi connectivity index (χ4v) is 6.11. The predicted molar refractivity (Wildman–Crippen MR) is 144 cm³/mol. The summed E-state index contributed by atoms with van der Waals surface area (Å²) in [4.78, 5) is 27.8. The number of hydrogen-bond donors (Lipinski definition) is 2. The van der Waals surface area contributed by atoms with Crippen LogP contribution in [0.4, 0.5) is 5.00 Å². The molecule has 0 radical (unpaired) electrons. The van der Waals surface area contributed by atoms with E-state index in [0.717, 1.165) is 34.9 Å². The van der Waals surface area contributed by atoms with E-state index in [2.05, 4.69) is 47.3 Å². The average molecular weight is 540 g/mol. The van der Waals surface area contributed by atoms with Crippen molar-refractivity contribution in [1.29, 1.82) is 0 Å². The van der Waals surface area contributed by atoms with Gasteiger partial charge in [-0.15, -0.1) is 11.3 Å². The standard InChI is InChI=1S/C28H31BrN2O2S/c1-17(18-8-6-5-7-9-18)30-26(33)24-22-15-12-20(28(2,3)4)16-23(22)34-27(24)31-25(32)19-10-13-21(29)14-11-19/h5-11,13-14,17,20H,12,15-16H2,1-4H3,(H,30,33)(H,31,32). The Morgan fingerprint density at radius 2 is 1.71 bits per heavy atom. The lowest BCUT2D eigenvalue weighted by atomic mass is 9.72. The Morgan fingerprint density at radius 3 is 2.35 bits per heavy atom. The van der Waals surface area contributed by atoms with Crippen molar-refractivity contribution in [3.8, 4) is 0 Å². The summed E-state index contributed by atoms with van der Waals surface area (Å²) in [6.45, 7) is 8.83. The van der Waals surface area contributed by atoms with Crippen LogP contribution in [0.2, 0.25) is 0 Å². The second-order valence-corrected chi connectivity index (χ2v) is 12.1. The van der Waals surface area contributed by atoms with Crippen LogP contribution in [0.5, 0.6) is 0 Å².